The Morgan fingerprint density at radius 2 is 2.00 bits per heavy atom. The van der Waals surface area contributed by atoms with E-state index < -0.39 is 11.6 Å². The molecule has 0 saturated heterocycles. The lowest BCUT2D eigenvalue weighted by Gasteiger charge is -2.04. The number of nitrogens with one attached hydrogen (secondary N) is 1. The van der Waals surface area contributed by atoms with Crippen molar-refractivity contribution in [2.75, 3.05) is 0 Å². The van der Waals surface area contributed by atoms with Crippen molar-refractivity contribution in [3.63, 3.8) is 0 Å². The van der Waals surface area contributed by atoms with Crippen molar-refractivity contribution >= 4 is 23.4 Å². The summed E-state index contributed by atoms with van der Waals surface area (Å²) in [5.74, 6) is -1.81. The topological polar surface area (TPSA) is 33.6 Å². The van der Waals surface area contributed by atoms with Crippen LogP contribution in [0.3, 0.4) is 0 Å². The van der Waals surface area contributed by atoms with E-state index >= 15 is 0 Å². The Hall–Kier alpha value is -2.08. The van der Waals surface area contributed by atoms with Crippen LogP contribution in [0.25, 0.3) is 16.9 Å². The van der Waals surface area contributed by atoms with E-state index in [2.05, 4.69) is 9.97 Å². The van der Waals surface area contributed by atoms with Gasteiger partial charge in [0, 0.05) is 12.3 Å². The van der Waals surface area contributed by atoms with Crippen LogP contribution in [0.15, 0.2) is 36.5 Å². The maximum absolute atomic E-state index is 13.2. The molecule has 0 aliphatic heterocycles. The minimum absolute atomic E-state index is 0.384. The molecular weight excluding hydrogens is 256 g/mol. The van der Waals surface area contributed by atoms with Crippen molar-refractivity contribution in [3.05, 3.63) is 52.9 Å². The highest BCUT2D eigenvalue weighted by Gasteiger charge is 2.09. The predicted molar refractivity (Wildman–Crippen MR) is 66.2 cm³/mol. The Bertz CT molecular complexity index is 791. The van der Waals surface area contributed by atoms with E-state index in [1.165, 1.54) is 6.07 Å². The summed E-state index contributed by atoms with van der Waals surface area (Å²) < 4.78 is 28.1. The number of aromatic amines is 1. The minimum Gasteiger partial charge on any atom is -0.329 e. The first-order chi connectivity index (χ1) is 8.66. The first-order valence-electron chi connectivity index (χ1n) is 5.18. The molecular formula is C12H7F2N3S. The Balaban J connectivity index is 2.34. The van der Waals surface area contributed by atoms with Crippen molar-refractivity contribution in [2.24, 2.45) is 0 Å². The summed E-state index contributed by atoms with van der Waals surface area (Å²) in [4.78, 5) is 7.14. The van der Waals surface area contributed by atoms with Gasteiger partial charge in [0.1, 0.15) is 0 Å². The number of pyridine rings is 1. The molecule has 0 fully saturated rings. The van der Waals surface area contributed by atoms with Crippen molar-refractivity contribution in [1.82, 2.24) is 14.5 Å². The van der Waals surface area contributed by atoms with Crippen molar-refractivity contribution in [2.45, 2.75) is 0 Å². The average molecular weight is 263 g/mol. The molecule has 0 radical (unpaired) electrons. The molecule has 1 N–H and O–H groups in total. The lowest BCUT2D eigenvalue weighted by molar-refractivity contribution is 0.508. The third kappa shape index (κ3) is 1.62. The first-order valence-corrected chi connectivity index (χ1v) is 5.59. The molecule has 0 unspecified atom stereocenters. The lowest BCUT2D eigenvalue weighted by atomic mass is 10.3. The van der Waals surface area contributed by atoms with Gasteiger partial charge in [0.05, 0.1) is 11.2 Å². The van der Waals surface area contributed by atoms with Crippen LogP contribution in [0.4, 0.5) is 8.78 Å². The number of benzene rings is 1. The number of aromatic nitrogens is 3. The highest BCUT2D eigenvalue weighted by atomic mass is 32.1. The molecule has 3 aromatic rings. The Morgan fingerprint density at radius 3 is 2.78 bits per heavy atom. The van der Waals surface area contributed by atoms with E-state index in [-0.39, 0.29) is 0 Å². The number of rotatable bonds is 1. The van der Waals surface area contributed by atoms with Crippen molar-refractivity contribution in [3.8, 4) is 5.69 Å². The van der Waals surface area contributed by atoms with E-state index in [1.54, 1.807) is 16.8 Å². The molecule has 0 aliphatic carbocycles. The molecule has 3 nitrogen and oxygen atoms in total. The molecule has 2 heterocycles. The van der Waals surface area contributed by atoms with Crippen LogP contribution in [0, 0.1) is 16.4 Å². The minimum atomic E-state index is -0.917. The smallest absolute Gasteiger partial charge is 0.183 e. The monoisotopic (exact) mass is 263 g/mol. The fraction of sp³-hybridized carbons (Fsp3) is 0. The van der Waals surface area contributed by atoms with Gasteiger partial charge in [-0.2, -0.15) is 0 Å². The van der Waals surface area contributed by atoms with Crippen LogP contribution in [-0.4, -0.2) is 14.5 Å². The van der Waals surface area contributed by atoms with Gasteiger partial charge in [0.15, 0.2) is 22.1 Å². The van der Waals surface area contributed by atoms with E-state index in [0.29, 0.717) is 16.1 Å². The highest BCUT2D eigenvalue weighted by Crippen LogP contribution is 2.19. The van der Waals surface area contributed by atoms with Crippen LogP contribution in [0.5, 0.6) is 0 Å². The van der Waals surface area contributed by atoms with Gasteiger partial charge in [-0.25, -0.2) is 13.8 Å². The SMILES string of the molecule is Fc1ccc(-n2c(=S)[nH]c3cccnc32)cc1F. The standard InChI is InChI=1S/C12H7F2N3S/c13-8-4-3-7(6-9(8)14)17-11-10(16-12(17)18)2-1-5-15-11/h1-6H,(H,16,18). The summed E-state index contributed by atoms with van der Waals surface area (Å²) >= 11 is 5.16. The third-order valence-corrected chi connectivity index (χ3v) is 2.89. The number of H-pyrrole nitrogens is 1. The quantitative estimate of drug-likeness (QED) is 0.683. The second-order valence-electron chi connectivity index (χ2n) is 3.74. The zero-order valence-corrected chi connectivity index (χ0v) is 9.84. The molecule has 2 aromatic heterocycles. The van der Waals surface area contributed by atoms with E-state index in [9.17, 15) is 8.78 Å². The summed E-state index contributed by atoms with van der Waals surface area (Å²) in [5.41, 5.74) is 1.75. The predicted octanol–water partition coefficient (Wildman–Crippen LogP) is 3.36. The molecule has 0 amide bonds. The fourth-order valence-corrected chi connectivity index (χ4v) is 2.11. The molecule has 18 heavy (non-hydrogen) atoms. The Morgan fingerprint density at radius 1 is 1.17 bits per heavy atom. The number of imidazole rings is 1. The summed E-state index contributed by atoms with van der Waals surface area (Å²) in [5, 5.41) is 0. The maximum atomic E-state index is 13.2. The summed E-state index contributed by atoms with van der Waals surface area (Å²) in [6, 6.07) is 7.19. The number of fused-ring (bicyclic) bond motifs is 1. The van der Waals surface area contributed by atoms with Crippen LogP contribution >= 0.6 is 12.2 Å². The molecule has 6 heteroatoms. The van der Waals surface area contributed by atoms with Crippen molar-refractivity contribution < 1.29 is 8.78 Å². The summed E-state index contributed by atoms with van der Waals surface area (Å²) in [6.45, 7) is 0. The second kappa shape index (κ2) is 3.99. The number of hydrogen-bond donors (Lipinski definition) is 1. The van der Waals surface area contributed by atoms with Crippen LogP contribution < -0.4 is 0 Å². The Kier molecular flexibility index (Phi) is 2.45. The van der Waals surface area contributed by atoms with Gasteiger partial charge in [-0.05, 0) is 36.5 Å². The second-order valence-corrected chi connectivity index (χ2v) is 4.13. The number of nitrogens with zero attached hydrogens (tertiary/aromatic N) is 2. The van der Waals surface area contributed by atoms with E-state index in [1.807, 2.05) is 6.07 Å². The molecule has 0 atom stereocenters. The normalized spacial score (nSPS) is 11.0. The largest absolute Gasteiger partial charge is 0.329 e. The van der Waals surface area contributed by atoms with Crippen molar-refractivity contribution in [1.29, 1.82) is 0 Å². The van der Waals surface area contributed by atoms with Crippen LogP contribution in [-0.2, 0) is 0 Å². The van der Waals surface area contributed by atoms with Gasteiger partial charge in [0.25, 0.3) is 0 Å². The molecule has 0 bridgehead atoms. The zero-order chi connectivity index (χ0) is 12.7. The van der Waals surface area contributed by atoms with Gasteiger partial charge in [-0.3, -0.25) is 4.57 Å². The third-order valence-electron chi connectivity index (χ3n) is 2.60. The first kappa shape index (κ1) is 11.0. The lowest BCUT2D eigenvalue weighted by Crippen LogP contribution is -1.97. The molecule has 3 rings (SSSR count). The van der Waals surface area contributed by atoms with Gasteiger partial charge in [-0.1, -0.05) is 0 Å². The van der Waals surface area contributed by atoms with Crippen LogP contribution in [0.1, 0.15) is 0 Å². The highest BCUT2D eigenvalue weighted by molar-refractivity contribution is 7.71. The fourth-order valence-electron chi connectivity index (χ4n) is 1.80. The molecule has 0 saturated carbocycles. The summed E-state index contributed by atoms with van der Waals surface area (Å²) in [6.07, 6.45) is 1.61. The van der Waals surface area contributed by atoms with Gasteiger partial charge in [-0.15, -0.1) is 0 Å². The average Bonchev–Trinajstić information content (AvgIpc) is 2.69. The maximum Gasteiger partial charge on any atom is 0.183 e. The summed E-state index contributed by atoms with van der Waals surface area (Å²) in [7, 11) is 0. The molecule has 90 valence electrons. The molecule has 0 aliphatic rings. The van der Waals surface area contributed by atoms with Gasteiger partial charge < -0.3 is 4.98 Å². The number of hydrogen-bond acceptors (Lipinski definition) is 2. The van der Waals surface area contributed by atoms with E-state index in [0.717, 1.165) is 17.6 Å². The van der Waals surface area contributed by atoms with E-state index in [4.69, 9.17) is 12.2 Å². The molecule has 1 aromatic carbocycles. The van der Waals surface area contributed by atoms with Crippen LogP contribution in [0.2, 0.25) is 0 Å². The zero-order valence-electron chi connectivity index (χ0n) is 9.02. The Labute approximate surface area is 106 Å². The molecule has 0 spiro atoms. The van der Waals surface area contributed by atoms with Gasteiger partial charge in [0.2, 0.25) is 0 Å². The van der Waals surface area contributed by atoms with Gasteiger partial charge >= 0.3 is 0 Å². The number of halogens is 2.